The van der Waals surface area contributed by atoms with Gasteiger partial charge in [-0.1, -0.05) is 41.3 Å². The minimum absolute atomic E-state index is 0.743. The van der Waals surface area contributed by atoms with Gasteiger partial charge in [0.1, 0.15) is 0 Å². The molecule has 0 atom stereocenters. The standard InChI is InChI=1S/C16H21N3O2S2/c1-11(2)10-22-16-19-18-15(23-16)17-8-7-12-5-6-13(20-3)14(9-12)21-4/h5-6,9H,1,7-8,10H2,2-4H3,(H,17,18). The fourth-order valence-corrected chi connectivity index (χ4v) is 3.50. The number of aromatic nitrogens is 2. The second-order valence-corrected chi connectivity index (χ2v) is 7.19. The van der Waals surface area contributed by atoms with Crippen molar-refractivity contribution in [1.29, 1.82) is 0 Å². The lowest BCUT2D eigenvalue weighted by atomic mass is 10.1. The molecule has 0 aliphatic carbocycles. The molecule has 1 heterocycles. The third-order valence-electron chi connectivity index (χ3n) is 2.99. The molecule has 1 aromatic carbocycles. The van der Waals surface area contributed by atoms with Crippen LogP contribution in [0.2, 0.25) is 0 Å². The van der Waals surface area contributed by atoms with E-state index in [2.05, 4.69) is 22.1 Å². The maximum atomic E-state index is 5.32. The third-order valence-corrected chi connectivity index (χ3v) is 5.23. The number of benzene rings is 1. The number of nitrogens with one attached hydrogen (secondary N) is 1. The Kier molecular flexibility index (Phi) is 6.73. The Balaban J connectivity index is 1.84. The van der Waals surface area contributed by atoms with E-state index >= 15 is 0 Å². The Morgan fingerprint density at radius 1 is 1.26 bits per heavy atom. The molecular formula is C16H21N3O2S2. The molecule has 5 nitrogen and oxygen atoms in total. The maximum absolute atomic E-state index is 5.32. The first kappa shape index (κ1) is 17.6. The molecule has 7 heteroatoms. The molecule has 0 bridgehead atoms. The van der Waals surface area contributed by atoms with E-state index in [0.29, 0.717) is 0 Å². The summed E-state index contributed by atoms with van der Waals surface area (Å²) >= 11 is 3.23. The summed E-state index contributed by atoms with van der Waals surface area (Å²) in [6.45, 7) is 6.68. The number of rotatable bonds is 9. The van der Waals surface area contributed by atoms with Crippen LogP contribution in [0.4, 0.5) is 5.13 Å². The van der Waals surface area contributed by atoms with Crippen LogP contribution in [-0.4, -0.2) is 36.7 Å². The largest absolute Gasteiger partial charge is 0.493 e. The smallest absolute Gasteiger partial charge is 0.206 e. The second kappa shape index (κ2) is 8.79. The quantitative estimate of drug-likeness (QED) is 0.546. The second-order valence-electron chi connectivity index (χ2n) is 4.99. The van der Waals surface area contributed by atoms with Gasteiger partial charge in [0.2, 0.25) is 5.13 Å². The molecule has 0 aliphatic heterocycles. The Bertz CT molecular complexity index is 659. The topological polar surface area (TPSA) is 56.3 Å². The Morgan fingerprint density at radius 3 is 2.74 bits per heavy atom. The van der Waals surface area contributed by atoms with Crippen molar-refractivity contribution in [3.05, 3.63) is 35.9 Å². The average molecular weight is 351 g/mol. The van der Waals surface area contributed by atoms with E-state index in [-0.39, 0.29) is 0 Å². The van der Waals surface area contributed by atoms with Gasteiger partial charge in [-0.2, -0.15) is 0 Å². The highest BCUT2D eigenvalue weighted by Crippen LogP contribution is 2.28. The summed E-state index contributed by atoms with van der Waals surface area (Å²) in [5.41, 5.74) is 2.31. The number of methoxy groups -OCH3 is 2. The van der Waals surface area contributed by atoms with Crippen molar-refractivity contribution >= 4 is 28.2 Å². The van der Waals surface area contributed by atoms with Gasteiger partial charge in [0.25, 0.3) is 0 Å². The molecule has 0 aliphatic rings. The van der Waals surface area contributed by atoms with Crippen LogP contribution in [0.25, 0.3) is 0 Å². The molecule has 0 fully saturated rings. The van der Waals surface area contributed by atoms with Crippen molar-refractivity contribution < 1.29 is 9.47 Å². The molecule has 1 aromatic heterocycles. The van der Waals surface area contributed by atoms with Gasteiger partial charge in [-0.05, 0) is 31.0 Å². The van der Waals surface area contributed by atoms with Gasteiger partial charge in [-0.3, -0.25) is 0 Å². The molecule has 2 aromatic rings. The van der Waals surface area contributed by atoms with Gasteiger partial charge in [0.15, 0.2) is 15.8 Å². The van der Waals surface area contributed by atoms with E-state index in [9.17, 15) is 0 Å². The van der Waals surface area contributed by atoms with Gasteiger partial charge < -0.3 is 14.8 Å². The number of ether oxygens (including phenoxy) is 2. The van der Waals surface area contributed by atoms with Crippen molar-refractivity contribution in [1.82, 2.24) is 10.2 Å². The monoisotopic (exact) mass is 351 g/mol. The molecule has 0 saturated heterocycles. The van der Waals surface area contributed by atoms with E-state index in [1.165, 1.54) is 5.56 Å². The highest BCUT2D eigenvalue weighted by molar-refractivity contribution is 8.01. The molecular weight excluding hydrogens is 330 g/mol. The van der Waals surface area contributed by atoms with Gasteiger partial charge in [0.05, 0.1) is 14.2 Å². The van der Waals surface area contributed by atoms with E-state index in [0.717, 1.165) is 45.3 Å². The van der Waals surface area contributed by atoms with Crippen LogP contribution in [0.5, 0.6) is 11.5 Å². The molecule has 0 spiro atoms. The zero-order chi connectivity index (χ0) is 16.7. The van der Waals surface area contributed by atoms with Gasteiger partial charge >= 0.3 is 0 Å². The van der Waals surface area contributed by atoms with Crippen LogP contribution in [0.15, 0.2) is 34.7 Å². The molecule has 0 radical (unpaired) electrons. The lowest BCUT2D eigenvalue weighted by Crippen LogP contribution is -2.04. The zero-order valence-corrected chi connectivity index (χ0v) is 15.2. The van der Waals surface area contributed by atoms with E-state index < -0.39 is 0 Å². The zero-order valence-electron chi connectivity index (χ0n) is 13.6. The summed E-state index contributed by atoms with van der Waals surface area (Å²) in [5.74, 6) is 2.37. The van der Waals surface area contributed by atoms with Crippen molar-refractivity contribution in [2.75, 3.05) is 31.8 Å². The van der Waals surface area contributed by atoms with Gasteiger partial charge in [-0.25, -0.2) is 0 Å². The van der Waals surface area contributed by atoms with Crippen LogP contribution in [0.1, 0.15) is 12.5 Å². The summed E-state index contributed by atoms with van der Waals surface area (Å²) in [6, 6.07) is 5.96. The lowest BCUT2D eigenvalue weighted by Gasteiger charge is -2.09. The number of hydrogen-bond acceptors (Lipinski definition) is 7. The number of nitrogens with zero attached hydrogens (tertiary/aromatic N) is 2. The third kappa shape index (κ3) is 5.44. The number of hydrogen-bond donors (Lipinski definition) is 1. The molecule has 0 saturated carbocycles. The molecule has 0 amide bonds. The highest BCUT2D eigenvalue weighted by Gasteiger charge is 2.06. The van der Waals surface area contributed by atoms with Crippen molar-refractivity contribution in [3.8, 4) is 11.5 Å². The summed E-state index contributed by atoms with van der Waals surface area (Å²) in [4.78, 5) is 0. The molecule has 124 valence electrons. The van der Waals surface area contributed by atoms with Crippen LogP contribution < -0.4 is 14.8 Å². The maximum Gasteiger partial charge on any atom is 0.206 e. The van der Waals surface area contributed by atoms with E-state index in [1.54, 1.807) is 37.3 Å². The normalized spacial score (nSPS) is 10.4. The van der Waals surface area contributed by atoms with Crippen LogP contribution in [0.3, 0.4) is 0 Å². The molecule has 0 unspecified atom stereocenters. The van der Waals surface area contributed by atoms with Gasteiger partial charge in [-0.15, -0.1) is 10.2 Å². The Labute approximate surface area is 145 Å². The van der Waals surface area contributed by atoms with Crippen molar-refractivity contribution in [2.24, 2.45) is 0 Å². The molecule has 1 N–H and O–H groups in total. The van der Waals surface area contributed by atoms with Crippen LogP contribution >= 0.6 is 23.1 Å². The SMILES string of the molecule is C=C(C)CSc1nnc(NCCc2ccc(OC)c(OC)c2)s1. The average Bonchev–Trinajstić information content (AvgIpc) is 3.00. The Morgan fingerprint density at radius 2 is 2.04 bits per heavy atom. The minimum atomic E-state index is 0.743. The Hall–Kier alpha value is -1.73. The predicted octanol–water partition coefficient (Wildman–Crippen LogP) is 3.88. The van der Waals surface area contributed by atoms with Crippen LogP contribution in [-0.2, 0) is 6.42 Å². The molecule has 2 rings (SSSR count). The van der Waals surface area contributed by atoms with E-state index in [1.807, 2.05) is 25.1 Å². The fraction of sp³-hybridized carbons (Fsp3) is 0.375. The van der Waals surface area contributed by atoms with Gasteiger partial charge in [0, 0.05) is 12.3 Å². The van der Waals surface area contributed by atoms with Crippen molar-refractivity contribution in [2.45, 2.75) is 17.7 Å². The highest BCUT2D eigenvalue weighted by atomic mass is 32.2. The van der Waals surface area contributed by atoms with E-state index in [4.69, 9.17) is 9.47 Å². The van der Waals surface area contributed by atoms with Crippen LogP contribution in [0, 0.1) is 0 Å². The summed E-state index contributed by atoms with van der Waals surface area (Å²) in [7, 11) is 3.28. The first-order valence-electron chi connectivity index (χ1n) is 7.18. The lowest BCUT2D eigenvalue weighted by molar-refractivity contribution is 0.354. The summed E-state index contributed by atoms with van der Waals surface area (Å²) in [6.07, 6.45) is 0.869. The predicted molar refractivity (Wildman–Crippen MR) is 97.2 cm³/mol. The number of thioether (sulfide) groups is 1. The first-order chi connectivity index (χ1) is 11.1. The minimum Gasteiger partial charge on any atom is -0.493 e. The number of anilines is 1. The fourth-order valence-electron chi connectivity index (χ4n) is 1.87. The first-order valence-corrected chi connectivity index (χ1v) is 8.98. The molecule has 23 heavy (non-hydrogen) atoms. The summed E-state index contributed by atoms with van der Waals surface area (Å²) in [5, 5.41) is 12.5. The van der Waals surface area contributed by atoms with Crippen molar-refractivity contribution in [3.63, 3.8) is 0 Å². The summed E-state index contributed by atoms with van der Waals surface area (Å²) < 4.78 is 11.5.